The van der Waals surface area contributed by atoms with Crippen molar-refractivity contribution >= 4 is 0 Å². The molecule has 0 heterocycles. The molecule has 2 rings (SSSR count). The van der Waals surface area contributed by atoms with E-state index >= 15 is 0 Å². The summed E-state index contributed by atoms with van der Waals surface area (Å²) in [6.45, 7) is 8.11. The summed E-state index contributed by atoms with van der Waals surface area (Å²) in [5, 5.41) is 29.4. The second kappa shape index (κ2) is 6.05. The van der Waals surface area contributed by atoms with Crippen molar-refractivity contribution in [2.75, 3.05) is 0 Å². The lowest BCUT2D eigenvalue weighted by Crippen LogP contribution is -2.17. The third-order valence-electron chi connectivity index (χ3n) is 4.19. The zero-order chi connectivity index (χ0) is 15.6. The molecule has 3 heteroatoms. The lowest BCUT2D eigenvalue weighted by molar-refractivity contribution is 0.406. The Morgan fingerprint density at radius 2 is 2.00 bits per heavy atom. The van der Waals surface area contributed by atoms with Gasteiger partial charge < -0.3 is 10.2 Å². The predicted octanol–water partition coefficient (Wildman–Crippen LogP) is 4.18. The summed E-state index contributed by atoms with van der Waals surface area (Å²) in [7, 11) is 0. The van der Waals surface area contributed by atoms with Crippen molar-refractivity contribution in [3.8, 4) is 17.6 Å². The Kier molecular flexibility index (Phi) is 4.37. The van der Waals surface area contributed by atoms with Gasteiger partial charge >= 0.3 is 0 Å². The third-order valence-corrected chi connectivity index (χ3v) is 4.19. The Bertz CT molecular complexity index is 614. The Hall–Kier alpha value is -2.21. The van der Waals surface area contributed by atoms with Gasteiger partial charge in [-0.3, -0.25) is 0 Å². The molecule has 21 heavy (non-hydrogen) atoms. The molecular weight excluding hydrogens is 262 g/mol. The molecule has 0 spiro atoms. The van der Waals surface area contributed by atoms with Crippen molar-refractivity contribution < 1.29 is 10.2 Å². The quantitative estimate of drug-likeness (QED) is 0.818. The third kappa shape index (κ3) is 3.11. The molecule has 0 radical (unpaired) electrons. The van der Waals surface area contributed by atoms with Gasteiger partial charge in [-0.1, -0.05) is 23.8 Å². The molecule has 0 fully saturated rings. The number of nitrogens with zero attached hydrogens (tertiary/aromatic N) is 1. The van der Waals surface area contributed by atoms with Crippen LogP contribution in [0.5, 0.6) is 11.5 Å². The van der Waals surface area contributed by atoms with Crippen LogP contribution in [0, 0.1) is 17.2 Å². The Balaban J connectivity index is 2.51. The van der Waals surface area contributed by atoms with E-state index < -0.39 is 0 Å². The normalized spacial score (nSPS) is 21.5. The fraction of sp³-hybridized carbons (Fsp3) is 0.389. The number of allylic oxidation sites excluding steroid dienone is 3. The van der Waals surface area contributed by atoms with Gasteiger partial charge in [0.05, 0.1) is 12.5 Å². The Labute approximate surface area is 125 Å². The van der Waals surface area contributed by atoms with Crippen LogP contribution in [0.25, 0.3) is 0 Å². The monoisotopic (exact) mass is 283 g/mol. The minimum atomic E-state index is -0.0626. The van der Waals surface area contributed by atoms with Crippen molar-refractivity contribution in [3.63, 3.8) is 0 Å². The number of phenols is 2. The number of hydrogen-bond donors (Lipinski definition) is 2. The van der Waals surface area contributed by atoms with Gasteiger partial charge in [0.2, 0.25) is 0 Å². The van der Waals surface area contributed by atoms with E-state index in [4.69, 9.17) is 5.26 Å². The number of rotatable bonds is 3. The lowest BCUT2D eigenvalue weighted by atomic mass is 9.73. The van der Waals surface area contributed by atoms with Crippen molar-refractivity contribution in [1.29, 1.82) is 5.26 Å². The first-order valence-corrected chi connectivity index (χ1v) is 7.18. The van der Waals surface area contributed by atoms with E-state index in [0.29, 0.717) is 11.1 Å². The number of phenolic OH excluding ortho intramolecular Hbond substituents is 2. The minimum absolute atomic E-state index is 0.0578. The molecule has 1 aromatic rings. The van der Waals surface area contributed by atoms with Gasteiger partial charge in [-0.2, -0.15) is 5.26 Å². The van der Waals surface area contributed by atoms with Crippen LogP contribution in [0.4, 0.5) is 0 Å². The summed E-state index contributed by atoms with van der Waals surface area (Å²) < 4.78 is 0. The van der Waals surface area contributed by atoms with Gasteiger partial charge in [-0.25, -0.2) is 0 Å². The van der Waals surface area contributed by atoms with Gasteiger partial charge in [0.15, 0.2) is 0 Å². The first kappa shape index (κ1) is 15.2. The predicted molar refractivity (Wildman–Crippen MR) is 83.1 cm³/mol. The molecule has 0 amide bonds. The van der Waals surface area contributed by atoms with Crippen molar-refractivity contribution in [2.45, 2.75) is 39.0 Å². The highest BCUT2D eigenvalue weighted by molar-refractivity contribution is 5.52. The second-order valence-electron chi connectivity index (χ2n) is 5.91. The summed E-state index contributed by atoms with van der Waals surface area (Å²) in [5.74, 6) is 0.268. The van der Waals surface area contributed by atoms with Crippen molar-refractivity contribution in [1.82, 2.24) is 0 Å². The maximum atomic E-state index is 10.3. The summed E-state index contributed by atoms with van der Waals surface area (Å²) >= 11 is 0. The number of aromatic hydroxyl groups is 2. The average molecular weight is 283 g/mol. The smallest absolute Gasteiger partial charge is 0.123 e. The number of hydrogen-bond acceptors (Lipinski definition) is 3. The lowest BCUT2D eigenvalue weighted by Gasteiger charge is -2.31. The first-order chi connectivity index (χ1) is 9.93. The van der Waals surface area contributed by atoms with Crippen LogP contribution in [-0.4, -0.2) is 10.2 Å². The van der Waals surface area contributed by atoms with Gasteiger partial charge in [0, 0.05) is 11.5 Å². The highest BCUT2D eigenvalue weighted by Gasteiger charge is 2.29. The molecule has 0 saturated heterocycles. The van der Waals surface area contributed by atoms with E-state index in [1.807, 2.05) is 13.0 Å². The van der Waals surface area contributed by atoms with Crippen LogP contribution < -0.4 is 0 Å². The van der Waals surface area contributed by atoms with Crippen LogP contribution in [0.15, 0.2) is 35.9 Å². The van der Waals surface area contributed by atoms with Crippen LogP contribution >= 0.6 is 0 Å². The van der Waals surface area contributed by atoms with Crippen LogP contribution in [0.3, 0.4) is 0 Å². The molecule has 0 aromatic heterocycles. The fourth-order valence-corrected chi connectivity index (χ4v) is 3.12. The zero-order valence-corrected chi connectivity index (χ0v) is 12.6. The maximum absolute atomic E-state index is 10.3. The first-order valence-electron chi connectivity index (χ1n) is 7.18. The largest absolute Gasteiger partial charge is 0.507 e. The van der Waals surface area contributed by atoms with E-state index in [-0.39, 0.29) is 29.8 Å². The van der Waals surface area contributed by atoms with E-state index in [1.165, 1.54) is 5.57 Å². The SMILES string of the molecule is C=C(C)C1CCC(C)=CC1c1c(O)cc(CC#N)cc1O. The molecule has 2 atom stereocenters. The number of benzene rings is 1. The molecule has 3 nitrogen and oxygen atoms in total. The summed E-state index contributed by atoms with van der Waals surface area (Å²) in [6.07, 6.45) is 4.27. The van der Waals surface area contributed by atoms with Gasteiger partial charge in [-0.05, 0) is 50.3 Å². The maximum Gasteiger partial charge on any atom is 0.123 e. The van der Waals surface area contributed by atoms with Crippen LogP contribution in [0.1, 0.15) is 43.7 Å². The molecular formula is C18H21NO2. The average Bonchev–Trinajstić information content (AvgIpc) is 2.38. The van der Waals surface area contributed by atoms with Crippen LogP contribution in [0.2, 0.25) is 0 Å². The number of nitriles is 1. The van der Waals surface area contributed by atoms with E-state index in [0.717, 1.165) is 18.4 Å². The molecule has 0 bridgehead atoms. The molecule has 0 aliphatic heterocycles. The second-order valence-corrected chi connectivity index (χ2v) is 5.91. The fourth-order valence-electron chi connectivity index (χ4n) is 3.12. The standard InChI is InChI=1S/C18H21NO2/c1-11(2)14-5-4-12(3)8-15(14)18-16(20)9-13(6-7-19)10-17(18)21/h8-10,14-15,20-21H,1,4-6H2,2-3H3. The molecule has 1 aromatic carbocycles. The summed E-state index contributed by atoms with van der Waals surface area (Å²) in [4.78, 5) is 0. The Morgan fingerprint density at radius 1 is 1.38 bits per heavy atom. The van der Waals surface area contributed by atoms with E-state index in [1.54, 1.807) is 12.1 Å². The van der Waals surface area contributed by atoms with Gasteiger partial charge in [0.25, 0.3) is 0 Å². The van der Waals surface area contributed by atoms with Crippen molar-refractivity contribution in [2.24, 2.45) is 5.92 Å². The van der Waals surface area contributed by atoms with Gasteiger partial charge in [-0.15, -0.1) is 0 Å². The van der Waals surface area contributed by atoms with E-state index in [2.05, 4.69) is 19.6 Å². The van der Waals surface area contributed by atoms with Crippen LogP contribution in [-0.2, 0) is 6.42 Å². The molecule has 0 saturated carbocycles. The molecule has 1 aliphatic carbocycles. The topological polar surface area (TPSA) is 64.2 Å². The highest BCUT2D eigenvalue weighted by atomic mass is 16.3. The highest BCUT2D eigenvalue weighted by Crippen LogP contribution is 2.46. The van der Waals surface area contributed by atoms with Crippen molar-refractivity contribution in [3.05, 3.63) is 47.1 Å². The van der Waals surface area contributed by atoms with Gasteiger partial charge in [0.1, 0.15) is 11.5 Å². The Morgan fingerprint density at radius 3 is 2.52 bits per heavy atom. The zero-order valence-electron chi connectivity index (χ0n) is 12.6. The summed E-state index contributed by atoms with van der Waals surface area (Å²) in [6, 6.07) is 5.17. The minimum Gasteiger partial charge on any atom is -0.507 e. The molecule has 110 valence electrons. The summed E-state index contributed by atoms with van der Waals surface area (Å²) in [5.41, 5.74) is 3.49. The molecule has 2 unspecified atom stereocenters. The molecule has 1 aliphatic rings. The molecule has 2 N–H and O–H groups in total. The van der Waals surface area contributed by atoms with E-state index in [9.17, 15) is 10.2 Å².